The first-order valence-electron chi connectivity index (χ1n) is 10.5. The molecule has 0 aromatic heterocycles. The third-order valence-corrected chi connectivity index (χ3v) is 5.82. The molecule has 2 aromatic carbocycles. The van der Waals surface area contributed by atoms with Crippen molar-refractivity contribution < 1.29 is 9.53 Å². The highest BCUT2D eigenvalue weighted by Crippen LogP contribution is 2.30. The molecule has 1 N–H and O–H groups in total. The molecule has 146 valence electrons. The Hall–Kier alpha value is -2.55. The zero-order chi connectivity index (χ0) is 19.2. The van der Waals surface area contributed by atoms with Crippen molar-refractivity contribution in [1.29, 1.82) is 0 Å². The number of nitrogens with one attached hydrogen (secondary N) is 1. The molecular weight excluding hydrogens is 346 g/mol. The summed E-state index contributed by atoms with van der Waals surface area (Å²) in [6.45, 7) is 0.727. The summed E-state index contributed by atoms with van der Waals surface area (Å²) in [4.78, 5) is 12.2. The van der Waals surface area contributed by atoms with Crippen LogP contribution in [0, 0.1) is 0 Å². The smallest absolute Gasteiger partial charge is 0.158 e. The molecule has 28 heavy (non-hydrogen) atoms. The molecular formula is C25H29NO2. The van der Waals surface area contributed by atoms with Crippen LogP contribution in [0.15, 0.2) is 66.4 Å². The fourth-order valence-corrected chi connectivity index (χ4v) is 4.25. The molecule has 4 rings (SSSR count). The van der Waals surface area contributed by atoms with Crippen molar-refractivity contribution in [3.05, 3.63) is 77.5 Å². The molecule has 2 aliphatic carbocycles. The minimum atomic E-state index is 0.207. The van der Waals surface area contributed by atoms with E-state index in [-0.39, 0.29) is 11.7 Å². The zero-order valence-corrected chi connectivity index (χ0v) is 16.4. The Morgan fingerprint density at radius 1 is 0.893 bits per heavy atom. The molecule has 3 heteroatoms. The lowest BCUT2D eigenvalue weighted by atomic mass is 9.85. The van der Waals surface area contributed by atoms with E-state index < -0.39 is 0 Å². The Morgan fingerprint density at radius 2 is 1.64 bits per heavy atom. The lowest BCUT2D eigenvalue weighted by molar-refractivity contribution is -0.115. The summed E-state index contributed by atoms with van der Waals surface area (Å²) in [5.74, 6) is 1.44. The van der Waals surface area contributed by atoms with Gasteiger partial charge in [0.1, 0.15) is 5.75 Å². The van der Waals surface area contributed by atoms with E-state index in [9.17, 15) is 4.79 Å². The number of rotatable bonds is 6. The minimum absolute atomic E-state index is 0.207. The third-order valence-electron chi connectivity index (χ3n) is 5.82. The second kappa shape index (κ2) is 9.09. The maximum Gasteiger partial charge on any atom is 0.158 e. The number of benzene rings is 2. The zero-order valence-electron chi connectivity index (χ0n) is 16.4. The van der Waals surface area contributed by atoms with Crippen molar-refractivity contribution in [3.8, 4) is 5.75 Å². The lowest BCUT2D eigenvalue weighted by Gasteiger charge is -2.24. The number of hydrogen-bond donors (Lipinski definition) is 1. The van der Waals surface area contributed by atoms with E-state index in [0.717, 1.165) is 24.4 Å². The Labute approximate surface area is 167 Å². The first-order chi connectivity index (χ1) is 13.8. The van der Waals surface area contributed by atoms with E-state index in [1.807, 2.05) is 18.2 Å². The van der Waals surface area contributed by atoms with Crippen LogP contribution in [0.5, 0.6) is 5.75 Å². The highest BCUT2D eigenvalue weighted by Gasteiger charge is 2.22. The number of hydrogen-bond acceptors (Lipinski definition) is 3. The van der Waals surface area contributed by atoms with Crippen molar-refractivity contribution in [2.24, 2.45) is 0 Å². The predicted molar refractivity (Wildman–Crippen MR) is 112 cm³/mol. The molecule has 2 aliphatic rings. The Morgan fingerprint density at radius 3 is 2.39 bits per heavy atom. The summed E-state index contributed by atoms with van der Waals surface area (Å²) in [6.07, 6.45) is 9.90. The van der Waals surface area contributed by atoms with Crippen LogP contribution in [0.3, 0.4) is 0 Å². The fourth-order valence-electron chi connectivity index (χ4n) is 4.25. The van der Waals surface area contributed by atoms with E-state index in [1.54, 1.807) is 6.08 Å². The van der Waals surface area contributed by atoms with Gasteiger partial charge in [-0.15, -0.1) is 0 Å². The summed E-state index contributed by atoms with van der Waals surface area (Å²) in [5, 5.41) is 3.47. The van der Waals surface area contributed by atoms with Crippen LogP contribution in [-0.2, 0) is 11.3 Å². The number of ketones is 1. The minimum Gasteiger partial charge on any atom is -0.490 e. The van der Waals surface area contributed by atoms with E-state index in [1.165, 1.54) is 43.2 Å². The quantitative estimate of drug-likeness (QED) is 0.722. The van der Waals surface area contributed by atoms with Gasteiger partial charge in [-0.05, 0) is 61.3 Å². The van der Waals surface area contributed by atoms with Crippen LogP contribution in [-0.4, -0.2) is 11.9 Å². The van der Waals surface area contributed by atoms with Gasteiger partial charge in [0, 0.05) is 24.7 Å². The van der Waals surface area contributed by atoms with Gasteiger partial charge in [-0.2, -0.15) is 0 Å². The van der Waals surface area contributed by atoms with Crippen LogP contribution >= 0.6 is 0 Å². The lowest BCUT2D eigenvalue weighted by Crippen LogP contribution is -2.22. The van der Waals surface area contributed by atoms with Gasteiger partial charge < -0.3 is 10.1 Å². The van der Waals surface area contributed by atoms with Crippen LogP contribution in [0.25, 0.3) is 0 Å². The summed E-state index contributed by atoms with van der Waals surface area (Å²) in [5.41, 5.74) is 3.48. The van der Waals surface area contributed by atoms with Gasteiger partial charge in [-0.3, -0.25) is 4.79 Å². The molecule has 0 amide bonds. The van der Waals surface area contributed by atoms with Crippen LogP contribution in [0.1, 0.15) is 62.0 Å². The predicted octanol–water partition coefficient (Wildman–Crippen LogP) is 5.52. The molecule has 0 spiro atoms. The second-order valence-corrected chi connectivity index (χ2v) is 8.03. The van der Waals surface area contributed by atoms with E-state index >= 15 is 0 Å². The Bertz CT molecular complexity index is 804. The highest BCUT2D eigenvalue weighted by atomic mass is 16.5. The van der Waals surface area contributed by atoms with Crippen LogP contribution in [0.2, 0.25) is 0 Å². The van der Waals surface area contributed by atoms with Crippen molar-refractivity contribution >= 4 is 5.78 Å². The third kappa shape index (κ3) is 5.03. The number of carbonyl (C=O) groups is 1. The van der Waals surface area contributed by atoms with Crippen molar-refractivity contribution in [2.75, 3.05) is 0 Å². The van der Waals surface area contributed by atoms with Crippen LogP contribution < -0.4 is 10.1 Å². The van der Waals surface area contributed by atoms with Gasteiger partial charge >= 0.3 is 0 Å². The average Bonchev–Trinajstić information content (AvgIpc) is 2.74. The molecule has 1 unspecified atom stereocenters. The first-order valence-corrected chi connectivity index (χ1v) is 10.5. The molecule has 0 heterocycles. The maximum atomic E-state index is 12.2. The molecule has 0 radical (unpaired) electrons. The fraction of sp³-hybridized carbons (Fsp3) is 0.400. The molecule has 0 bridgehead atoms. The summed E-state index contributed by atoms with van der Waals surface area (Å²) >= 11 is 0. The number of carbonyl (C=O) groups excluding carboxylic acids is 1. The number of ether oxygens (including phenoxy) is 1. The molecule has 1 fully saturated rings. The van der Waals surface area contributed by atoms with Gasteiger partial charge in [-0.1, -0.05) is 48.9 Å². The van der Waals surface area contributed by atoms with Gasteiger partial charge in [0.05, 0.1) is 6.10 Å². The molecule has 1 saturated carbocycles. The largest absolute Gasteiger partial charge is 0.490 e. The van der Waals surface area contributed by atoms with E-state index in [0.29, 0.717) is 12.5 Å². The van der Waals surface area contributed by atoms with Gasteiger partial charge in [0.25, 0.3) is 0 Å². The van der Waals surface area contributed by atoms with Crippen molar-refractivity contribution in [3.63, 3.8) is 0 Å². The first kappa shape index (κ1) is 18.8. The van der Waals surface area contributed by atoms with Crippen molar-refractivity contribution in [1.82, 2.24) is 5.32 Å². The summed E-state index contributed by atoms with van der Waals surface area (Å²) < 4.78 is 6.11. The van der Waals surface area contributed by atoms with Gasteiger partial charge in [0.15, 0.2) is 5.78 Å². The normalized spacial score (nSPS) is 20.5. The standard InChI is InChI=1S/C25H29NO2/c27-23-16-21(20-7-3-1-4-8-20)15-22(17-23)26-18-19-11-13-25(14-12-19)28-24-9-5-2-6-10-24/h1,3-4,7-8,11-14,17,21,24,26H,2,5-6,9-10,15-16,18H2. The molecule has 0 saturated heterocycles. The maximum absolute atomic E-state index is 12.2. The second-order valence-electron chi connectivity index (χ2n) is 8.03. The number of allylic oxidation sites excluding steroid dienone is 2. The summed E-state index contributed by atoms with van der Waals surface area (Å²) in [6, 6.07) is 18.7. The molecule has 2 aromatic rings. The van der Waals surface area contributed by atoms with Gasteiger partial charge in [0.2, 0.25) is 0 Å². The Balaban J connectivity index is 1.31. The Kier molecular flexibility index (Phi) is 6.11. The average molecular weight is 376 g/mol. The topological polar surface area (TPSA) is 38.3 Å². The monoisotopic (exact) mass is 375 g/mol. The van der Waals surface area contributed by atoms with E-state index in [4.69, 9.17) is 4.74 Å². The van der Waals surface area contributed by atoms with Crippen molar-refractivity contribution in [2.45, 2.75) is 63.5 Å². The van der Waals surface area contributed by atoms with E-state index in [2.05, 4.69) is 41.7 Å². The summed E-state index contributed by atoms with van der Waals surface area (Å²) in [7, 11) is 0. The highest BCUT2D eigenvalue weighted by molar-refractivity contribution is 5.91. The van der Waals surface area contributed by atoms with Crippen LogP contribution in [0.4, 0.5) is 0 Å². The molecule has 0 aliphatic heterocycles. The molecule has 3 nitrogen and oxygen atoms in total. The molecule has 1 atom stereocenters. The SMILES string of the molecule is O=C1C=C(NCc2ccc(OC3CCCCC3)cc2)CC(c2ccccc2)C1. The van der Waals surface area contributed by atoms with Gasteiger partial charge in [-0.25, -0.2) is 0 Å².